The Balaban J connectivity index is 1.67. The van der Waals surface area contributed by atoms with E-state index in [9.17, 15) is 4.39 Å². The molecule has 2 nitrogen and oxygen atoms in total. The van der Waals surface area contributed by atoms with Gasteiger partial charge in [-0.05, 0) is 36.2 Å². The number of fused-ring (bicyclic) bond motifs is 1. The van der Waals surface area contributed by atoms with Crippen LogP contribution < -0.4 is 5.32 Å². The molecule has 2 aromatic carbocycles. The van der Waals surface area contributed by atoms with E-state index in [-0.39, 0.29) is 5.82 Å². The monoisotopic (exact) mass is 350 g/mol. The van der Waals surface area contributed by atoms with Gasteiger partial charge in [-0.3, -0.25) is 0 Å². The van der Waals surface area contributed by atoms with Crippen LogP contribution in [0.1, 0.15) is 5.56 Å². The van der Waals surface area contributed by atoms with Gasteiger partial charge in [0.15, 0.2) is 5.13 Å². The van der Waals surface area contributed by atoms with Crippen LogP contribution in [0.3, 0.4) is 0 Å². The van der Waals surface area contributed by atoms with Crippen molar-refractivity contribution in [3.63, 3.8) is 0 Å². The van der Waals surface area contributed by atoms with Crippen molar-refractivity contribution in [1.82, 2.24) is 4.98 Å². The summed E-state index contributed by atoms with van der Waals surface area (Å²) < 4.78 is 15.6. The van der Waals surface area contributed by atoms with Crippen molar-refractivity contribution in [2.24, 2.45) is 0 Å². The molecule has 0 aliphatic heterocycles. The number of aromatic nitrogens is 1. The van der Waals surface area contributed by atoms with Gasteiger partial charge in [0, 0.05) is 11.0 Å². The highest BCUT2D eigenvalue weighted by molar-refractivity contribution is 9.10. The predicted molar refractivity (Wildman–Crippen MR) is 85.9 cm³/mol. The molecule has 0 fully saturated rings. The summed E-state index contributed by atoms with van der Waals surface area (Å²) in [5.74, 6) is -0.150. The van der Waals surface area contributed by atoms with Crippen LogP contribution >= 0.6 is 27.3 Å². The third-order valence-corrected chi connectivity index (χ3v) is 4.47. The fraction of sp³-hybridized carbons (Fsp3) is 0.133. The molecule has 0 aliphatic carbocycles. The lowest BCUT2D eigenvalue weighted by molar-refractivity contribution is 0.610. The summed E-state index contributed by atoms with van der Waals surface area (Å²) in [4.78, 5) is 4.51. The highest BCUT2D eigenvalue weighted by atomic mass is 79.9. The SMILES string of the molecule is Fc1ccccc1CCNc1nc2cc(Br)ccc2s1. The predicted octanol–water partition coefficient (Wildman–Crippen LogP) is 4.85. The molecule has 1 aromatic heterocycles. The lowest BCUT2D eigenvalue weighted by atomic mass is 10.1. The van der Waals surface area contributed by atoms with Gasteiger partial charge in [0.1, 0.15) is 5.82 Å². The number of nitrogens with one attached hydrogen (secondary N) is 1. The van der Waals surface area contributed by atoms with Gasteiger partial charge in [-0.15, -0.1) is 0 Å². The van der Waals surface area contributed by atoms with Crippen molar-refractivity contribution in [3.05, 3.63) is 58.3 Å². The summed E-state index contributed by atoms with van der Waals surface area (Å²) in [5.41, 5.74) is 1.70. The third kappa shape index (κ3) is 2.99. The van der Waals surface area contributed by atoms with Crippen molar-refractivity contribution in [3.8, 4) is 0 Å². The van der Waals surface area contributed by atoms with Crippen LogP contribution in [0.25, 0.3) is 10.2 Å². The van der Waals surface area contributed by atoms with Gasteiger partial charge in [0.2, 0.25) is 0 Å². The first kappa shape index (κ1) is 13.5. The Labute approximate surface area is 128 Å². The first-order valence-electron chi connectivity index (χ1n) is 6.26. The minimum atomic E-state index is -0.150. The van der Waals surface area contributed by atoms with E-state index >= 15 is 0 Å². The van der Waals surface area contributed by atoms with E-state index in [2.05, 4.69) is 26.2 Å². The summed E-state index contributed by atoms with van der Waals surface area (Å²) >= 11 is 5.04. The zero-order valence-electron chi connectivity index (χ0n) is 10.6. The number of hydrogen-bond acceptors (Lipinski definition) is 3. The molecule has 0 bridgehead atoms. The first-order valence-corrected chi connectivity index (χ1v) is 7.87. The van der Waals surface area contributed by atoms with Gasteiger partial charge < -0.3 is 5.32 Å². The molecule has 5 heteroatoms. The average molecular weight is 351 g/mol. The molecule has 0 saturated heterocycles. The van der Waals surface area contributed by atoms with E-state index in [0.29, 0.717) is 13.0 Å². The van der Waals surface area contributed by atoms with Crippen LogP contribution in [0.15, 0.2) is 46.9 Å². The number of rotatable bonds is 4. The minimum absolute atomic E-state index is 0.150. The van der Waals surface area contributed by atoms with Crippen LogP contribution in [-0.2, 0) is 6.42 Å². The standard InChI is InChI=1S/C15H12BrFN2S/c16-11-5-6-14-13(9-11)19-15(20-14)18-8-7-10-3-1-2-4-12(10)17/h1-6,9H,7-8H2,(H,18,19). The topological polar surface area (TPSA) is 24.9 Å². The molecule has 20 heavy (non-hydrogen) atoms. The van der Waals surface area contributed by atoms with Crippen molar-refractivity contribution in [2.45, 2.75) is 6.42 Å². The van der Waals surface area contributed by atoms with Gasteiger partial charge >= 0.3 is 0 Å². The first-order chi connectivity index (χ1) is 9.72. The van der Waals surface area contributed by atoms with Gasteiger partial charge in [-0.25, -0.2) is 9.37 Å². The van der Waals surface area contributed by atoms with Crippen LogP contribution in [0.5, 0.6) is 0 Å². The Bertz CT molecular complexity index is 742. The van der Waals surface area contributed by atoms with Crippen LogP contribution in [0.2, 0.25) is 0 Å². The second-order valence-corrected chi connectivity index (χ2v) is 6.35. The Hall–Kier alpha value is -1.46. The molecule has 3 aromatic rings. The van der Waals surface area contributed by atoms with E-state index in [0.717, 1.165) is 25.4 Å². The Morgan fingerprint density at radius 2 is 2.05 bits per heavy atom. The highest BCUT2D eigenvalue weighted by Gasteiger charge is 2.05. The molecule has 1 N–H and O–H groups in total. The molecule has 0 saturated carbocycles. The van der Waals surface area contributed by atoms with Gasteiger partial charge in [0.25, 0.3) is 0 Å². The molecule has 0 atom stereocenters. The van der Waals surface area contributed by atoms with Gasteiger partial charge in [0.05, 0.1) is 10.2 Å². The third-order valence-electron chi connectivity index (χ3n) is 2.98. The van der Waals surface area contributed by atoms with Crippen molar-refractivity contribution in [2.75, 3.05) is 11.9 Å². The van der Waals surface area contributed by atoms with Crippen molar-refractivity contribution >= 4 is 42.6 Å². The smallest absolute Gasteiger partial charge is 0.183 e. The quantitative estimate of drug-likeness (QED) is 0.727. The molecule has 3 rings (SSSR count). The Morgan fingerprint density at radius 1 is 1.20 bits per heavy atom. The van der Waals surface area contributed by atoms with Crippen molar-refractivity contribution in [1.29, 1.82) is 0 Å². The van der Waals surface area contributed by atoms with Crippen molar-refractivity contribution < 1.29 is 4.39 Å². The van der Waals surface area contributed by atoms with Gasteiger partial charge in [-0.2, -0.15) is 0 Å². The number of halogens is 2. The second-order valence-electron chi connectivity index (χ2n) is 4.40. The van der Waals surface area contributed by atoms with E-state index in [1.54, 1.807) is 17.4 Å². The molecular weight excluding hydrogens is 339 g/mol. The maximum atomic E-state index is 13.5. The van der Waals surface area contributed by atoms with E-state index < -0.39 is 0 Å². The van der Waals surface area contributed by atoms with E-state index in [1.807, 2.05) is 30.3 Å². The lowest BCUT2D eigenvalue weighted by Crippen LogP contribution is -2.05. The normalized spacial score (nSPS) is 10.9. The summed E-state index contributed by atoms with van der Waals surface area (Å²) in [6.45, 7) is 0.669. The lowest BCUT2D eigenvalue weighted by Gasteiger charge is -2.03. The number of hydrogen-bond donors (Lipinski definition) is 1. The Morgan fingerprint density at radius 3 is 2.90 bits per heavy atom. The molecule has 102 valence electrons. The second kappa shape index (κ2) is 5.89. The minimum Gasteiger partial charge on any atom is -0.361 e. The maximum absolute atomic E-state index is 13.5. The number of anilines is 1. The number of thiazole rings is 1. The van der Waals surface area contributed by atoms with Crippen LogP contribution in [0.4, 0.5) is 9.52 Å². The molecular formula is C15H12BrFN2S. The highest BCUT2D eigenvalue weighted by Crippen LogP contribution is 2.28. The zero-order valence-corrected chi connectivity index (χ0v) is 13.0. The van der Waals surface area contributed by atoms with Crippen LogP contribution in [0, 0.1) is 5.82 Å². The fourth-order valence-electron chi connectivity index (χ4n) is 1.98. The summed E-state index contributed by atoms with van der Waals surface area (Å²) in [6.07, 6.45) is 0.645. The molecule has 0 radical (unpaired) electrons. The molecule has 0 unspecified atom stereocenters. The van der Waals surface area contributed by atoms with E-state index in [4.69, 9.17) is 0 Å². The Kier molecular flexibility index (Phi) is 3.98. The summed E-state index contributed by atoms with van der Waals surface area (Å²) in [7, 11) is 0. The molecule has 0 aliphatic rings. The molecule has 0 amide bonds. The molecule has 1 heterocycles. The maximum Gasteiger partial charge on any atom is 0.183 e. The number of nitrogens with zero attached hydrogens (tertiary/aromatic N) is 1. The van der Waals surface area contributed by atoms with Gasteiger partial charge in [-0.1, -0.05) is 45.5 Å². The zero-order chi connectivity index (χ0) is 13.9. The van der Waals surface area contributed by atoms with Crippen LogP contribution in [-0.4, -0.2) is 11.5 Å². The number of benzene rings is 2. The largest absolute Gasteiger partial charge is 0.361 e. The fourth-order valence-corrected chi connectivity index (χ4v) is 3.20. The summed E-state index contributed by atoms with van der Waals surface area (Å²) in [6, 6.07) is 12.9. The average Bonchev–Trinajstić information content (AvgIpc) is 2.83. The van der Waals surface area contributed by atoms with E-state index in [1.165, 1.54) is 6.07 Å². The molecule has 0 spiro atoms. The summed E-state index contributed by atoms with van der Waals surface area (Å²) in [5, 5.41) is 4.12.